The van der Waals surface area contributed by atoms with Crippen molar-refractivity contribution in [2.24, 2.45) is 0 Å². The van der Waals surface area contributed by atoms with Crippen LogP contribution in [0.1, 0.15) is 33.3 Å². The highest BCUT2D eigenvalue weighted by Crippen LogP contribution is 2.16. The molecule has 0 aliphatic rings. The molecule has 0 aliphatic heterocycles. The molecule has 1 aromatic heterocycles. The molecule has 0 saturated carbocycles. The molecule has 8 heteroatoms. The van der Waals surface area contributed by atoms with Gasteiger partial charge in [0.2, 0.25) is 0 Å². The number of esters is 2. The Bertz CT molecular complexity index is 1060. The third-order valence-electron chi connectivity index (χ3n) is 4.21. The molecule has 0 radical (unpaired) electrons. The van der Waals surface area contributed by atoms with Crippen LogP contribution >= 0.6 is 0 Å². The van der Waals surface area contributed by atoms with Gasteiger partial charge in [0.25, 0.3) is 5.91 Å². The number of carbonyl (C=O) groups is 3. The van der Waals surface area contributed by atoms with Gasteiger partial charge in [-0.1, -0.05) is 12.1 Å². The van der Waals surface area contributed by atoms with Gasteiger partial charge in [-0.25, -0.2) is 14.3 Å². The van der Waals surface area contributed by atoms with Gasteiger partial charge in [0, 0.05) is 11.9 Å². The van der Waals surface area contributed by atoms with Crippen molar-refractivity contribution in [1.82, 2.24) is 9.78 Å². The minimum atomic E-state index is -0.632. The van der Waals surface area contributed by atoms with Gasteiger partial charge in [-0.3, -0.25) is 4.79 Å². The van der Waals surface area contributed by atoms with E-state index in [0.717, 1.165) is 11.4 Å². The minimum absolute atomic E-state index is 0.220. The van der Waals surface area contributed by atoms with Crippen LogP contribution < -0.4 is 5.32 Å². The SMILES string of the molecule is CCOC(=O)c1ccccc1NC(=O)COC(=O)c1ccc(-n2nccc2C)cc1. The van der Waals surface area contributed by atoms with Gasteiger partial charge >= 0.3 is 11.9 Å². The number of rotatable bonds is 7. The predicted octanol–water partition coefficient (Wildman–Crippen LogP) is 3.15. The van der Waals surface area contributed by atoms with Gasteiger partial charge in [0.15, 0.2) is 6.61 Å². The average molecular weight is 407 g/mol. The Hall–Kier alpha value is -3.94. The Labute approximate surface area is 173 Å². The molecular formula is C22H21N3O5. The molecule has 0 saturated heterocycles. The Kier molecular flexibility index (Phi) is 6.59. The molecular weight excluding hydrogens is 386 g/mol. The van der Waals surface area contributed by atoms with Crippen LogP contribution in [0.25, 0.3) is 5.69 Å². The van der Waals surface area contributed by atoms with Crippen LogP contribution in [-0.4, -0.2) is 40.8 Å². The number of benzene rings is 2. The number of para-hydroxylation sites is 1. The van der Waals surface area contributed by atoms with E-state index in [-0.39, 0.29) is 17.9 Å². The van der Waals surface area contributed by atoms with E-state index < -0.39 is 24.5 Å². The monoisotopic (exact) mass is 407 g/mol. The molecule has 0 bridgehead atoms. The predicted molar refractivity (Wildman–Crippen MR) is 110 cm³/mol. The van der Waals surface area contributed by atoms with E-state index in [9.17, 15) is 14.4 Å². The van der Waals surface area contributed by atoms with Gasteiger partial charge in [-0.2, -0.15) is 5.10 Å². The summed E-state index contributed by atoms with van der Waals surface area (Å²) in [5.74, 6) is -1.74. The third kappa shape index (κ3) is 4.91. The standard InChI is InChI=1S/C22H21N3O5/c1-3-29-22(28)18-6-4-5-7-19(18)24-20(26)14-30-21(27)16-8-10-17(11-9-16)25-15(2)12-13-23-25/h4-13H,3,14H2,1-2H3,(H,24,26). The smallest absolute Gasteiger partial charge is 0.340 e. The van der Waals surface area contributed by atoms with Crippen molar-refractivity contribution < 1.29 is 23.9 Å². The summed E-state index contributed by atoms with van der Waals surface area (Å²) in [6.07, 6.45) is 1.69. The van der Waals surface area contributed by atoms with E-state index in [1.165, 1.54) is 0 Å². The van der Waals surface area contributed by atoms with E-state index in [1.807, 2.05) is 13.0 Å². The fraction of sp³-hybridized carbons (Fsp3) is 0.182. The zero-order valence-electron chi connectivity index (χ0n) is 16.6. The highest BCUT2D eigenvalue weighted by Gasteiger charge is 2.15. The molecule has 154 valence electrons. The Morgan fingerprint density at radius 1 is 0.967 bits per heavy atom. The van der Waals surface area contributed by atoms with E-state index in [4.69, 9.17) is 9.47 Å². The maximum Gasteiger partial charge on any atom is 0.340 e. The lowest BCUT2D eigenvalue weighted by molar-refractivity contribution is -0.119. The Balaban J connectivity index is 1.58. The summed E-state index contributed by atoms with van der Waals surface area (Å²) in [6.45, 7) is 3.35. The number of anilines is 1. The summed E-state index contributed by atoms with van der Waals surface area (Å²) in [5.41, 5.74) is 2.59. The molecule has 2 aromatic carbocycles. The first-order chi connectivity index (χ1) is 14.5. The first-order valence-electron chi connectivity index (χ1n) is 9.33. The van der Waals surface area contributed by atoms with Crippen molar-refractivity contribution in [3.05, 3.63) is 77.6 Å². The lowest BCUT2D eigenvalue weighted by atomic mass is 10.2. The van der Waals surface area contributed by atoms with Crippen LogP contribution in [0.2, 0.25) is 0 Å². The molecule has 0 fully saturated rings. The second-order valence-electron chi connectivity index (χ2n) is 6.32. The number of nitrogens with zero attached hydrogens (tertiary/aromatic N) is 2. The highest BCUT2D eigenvalue weighted by molar-refractivity contribution is 6.02. The van der Waals surface area contributed by atoms with E-state index in [0.29, 0.717) is 5.56 Å². The van der Waals surface area contributed by atoms with E-state index in [1.54, 1.807) is 66.3 Å². The zero-order valence-corrected chi connectivity index (χ0v) is 16.6. The fourth-order valence-corrected chi connectivity index (χ4v) is 2.76. The fourth-order valence-electron chi connectivity index (χ4n) is 2.76. The van der Waals surface area contributed by atoms with Gasteiger partial charge in [-0.05, 0) is 56.3 Å². The minimum Gasteiger partial charge on any atom is -0.462 e. The van der Waals surface area contributed by atoms with Gasteiger partial charge < -0.3 is 14.8 Å². The number of nitrogens with one attached hydrogen (secondary N) is 1. The zero-order chi connectivity index (χ0) is 21.5. The van der Waals surface area contributed by atoms with E-state index >= 15 is 0 Å². The molecule has 0 atom stereocenters. The molecule has 0 spiro atoms. The molecule has 3 rings (SSSR count). The van der Waals surface area contributed by atoms with Gasteiger partial charge in [-0.15, -0.1) is 0 Å². The Morgan fingerprint density at radius 2 is 1.70 bits per heavy atom. The van der Waals surface area contributed by atoms with Crippen LogP contribution in [0.4, 0.5) is 5.69 Å². The second kappa shape index (κ2) is 9.51. The first kappa shape index (κ1) is 20.8. The van der Waals surface area contributed by atoms with Crippen molar-refractivity contribution in [3.8, 4) is 5.69 Å². The average Bonchev–Trinajstić information content (AvgIpc) is 3.18. The molecule has 3 aromatic rings. The Morgan fingerprint density at radius 3 is 2.37 bits per heavy atom. The number of aromatic nitrogens is 2. The summed E-state index contributed by atoms with van der Waals surface area (Å²) in [7, 11) is 0. The van der Waals surface area contributed by atoms with Crippen molar-refractivity contribution in [1.29, 1.82) is 0 Å². The molecule has 0 unspecified atom stereocenters. The van der Waals surface area contributed by atoms with Crippen molar-refractivity contribution in [2.75, 3.05) is 18.5 Å². The number of carbonyl (C=O) groups excluding carboxylic acids is 3. The molecule has 1 N–H and O–H groups in total. The van der Waals surface area contributed by atoms with Crippen molar-refractivity contribution in [2.45, 2.75) is 13.8 Å². The lowest BCUT2D eigenvalue weighted by Crippen LogP contribution is -2.22. The highest BCUT2D eigenvalue weighted by atomic mass is 16.5. The first-order valence-corrected chi connectivity index (χ1v) is 9.33. The summed E-state index contributed by atoms with van der Waals surface area (Å²) < 4.78 is 11.8. The number of hydrogen-bond donors (Lipinski definition) is 1. The maximum atomic E-state index is 12.2. The second-order valence-corrected chi connectivity index (χ2v) is 6.32. The van der Waals surface area contributed by atoms with Crippen LogP contribution in [0, 0.1) is 6.92 Å². The number of aryl methyl sites for hydroxylation is 1. The number of hydrogen-bond acceptors (Lipinski definition) is 6. The maximum absolute atomic E-state index is 12.2. The van der Waals surface area contributed by atoms with Crippen molar-refractivity contribution >= 4 is 23.5 Å². The lowest BCUT2D eigenvalue weighted by Gasteiger charge is -2.11. The molecule has 30 heavy (non-hydrogen) atoms. The van der Waals surface area contributed by atoms with Crippen LogP contribution in [0.3, 0.4) is 0 Å². The summed E-state index contributed by atoms with van der Waals surface area (Å²) in [5, 5.41) is 6.77. The number of ether oxygens (including phenoxy) is 2. The largest absolute Gasteiger partial charge is 0.462 e. The molecule has 1 heterocycles. The van der Waals surface area contributed by atoms with E-state index in [2.05, 4.69) is 10.4 Å². The number of amides is 1. The quantitative estimate of drug-likeness (QED) is 0.604. The molecule has 8 nitrogen and oxygen atoms in total. The molecule has 1 amide bonds. The van der Waals surface area contributed by atoms with Crippen molar-refractivity contribution in [3.63, 3.8) is 0 Å². The summed E-state index contributed by atoms with van der Waals surface area (Å²) >= 11 is 0. The van der Waals surface area contributed by atoms with Crippen LogP contribution in [-0.2, 0) is 14.3 Å². The third-order valence-corrected chi connectivity index (χ3v) is 4.21. The molecule has 0 aliphatic carbocycles. The topological polar surface area (TPSA) is 99.5 Å². The normalized spacial score (nSPS) is 10.3. The van der Waals surface area contributed by atoms with Crippen LogP contribution in [0.5, 0.6) is 0 Å². The summed E-state index contributed by atoms with van der Waals surface area (Å²) in [6, 6.07) is 15.0. The van der Waals surface area contributed by atoms with Gasteiger partial charge in [0.05, 0.1) is 29.1 Å². The van der Waals surface area contributed by atoms with Gasteiger partial charge in [0.1, 0.15) is 0 Å². The van der Waals surface area contributed by atoms with Crippen LogP contribution in [0.15, 0.2) is 60.8 Å². The summed E-state index contributed by atoms with van der Waals surface area (Å²) in [4.78, 5) is 36.4.